The zero-order valence-corrected chi connectivity index (χ0v) is 20.7. The molecule has 0 amide bonds. The molecule has 0 heterocycles. The van der Waals surface area contributed by atoms with Gasteiger partial charge >= 0.3 is 5.97 Å². The van der Waals surface area contributed by atoms with Gasteiger partial charge in [-0.25, -0.2) is 0 Å². The number of hydrogen-bond acceptors (Lipinski definition) is 4. The standard InChI is InChI=1S/C24H39IO5/c1-13(4-7-20(28)29)15-5-6-16-21-17(11-19(27)23(15,16)3)22(2)8-9-24(25,30)12-14(22)10-18(21)26/h13-19,21,26-27,30H,4-12H2,1-3H3,(H,28,29)/t13-,14-,15-,16+,17+,18-,19+,21+,22+,23-,24-/m1/s1. The molecule has 4 saturated carbocycles. The van der Waals surface area contributed by atoms with Crippen molar-refractivity contribution in [3.63, 3.8) is 0 Å². The highest BCUT2D eigenvalue weighted by atomic mass is 127. The van der Waals surface area contributed by atoms with Crippen molar-refractivity contribution in [2.24, 2.45) is 46.3 Å². The van der Waals surface area contributed by atoms with Gasteiger partial charge in [0.15, 0.2) is 0 Å². The third kappa shape index (κ3) is 3.56. The molecule has 6 heteroatoms. The first-order chi connectivity index (χ1) is 13.9. The van der Waals surface area contributed by atoms with Gasteiger partial charge in [-0.05, 0) is 120 Å². The molecule has 11 atom stereocenters. The largest absolute Gasteiger partial charge is 0.481 e. The van der Waals surface area contributed by atoms with Crippen molar-refractivity contribution in [1.29, 1.82) is 0 Å². The summed E-state index contributed by atoms with van der Waals surface area (Å²) in [7, 11) is 0. The molecular formula is C24H39IO5. The Bertz CT molecular complexity index is 683. The summed E-state index contributed by atoms with van der Waals surface area (Å²) in [5.74, 6) is 0.900. The summed E-state index contributed by atoms with van der Waals surface area (Å²) < 4.78 is -0.672. The molecule has 4 fully saturated rings. The summed E-state index contributed by atoms with van der Waals surface area (Å²) in [4.78, 5) is 11.1. The van der Waals surface area contributed by atoms with Crippen LogP contribution >= 0.6 is 22.6 Å². The predicted molar refractivity (Wildman–Crippen MR) is 123 cm³/mol. The number of rotatable bonds is 4. The summed E-state index contributed by atoms with van der Waals surface area (Å²) in [6.45, 7) is 6.72. The molecule has 4 rings (SSSR count). The van der Waals surface area contributed by atoms with Crippen molar-refractivity contribution < 1.29 is 25.2 Å². The van der Waals surface area contributed by atoms with Crippen LogP contribution in [-0.2, 0) is 4.79 Å². The number of fused-ring (bicyclic) bond motifs is 5. The Balaban J connectivity index is 1.61. The van der Waals surface area contributed by atoms with Gasteiger partial charge in [-0.1, -0.05) is 20.8 Å². The minimum absolute atomic E-state index is 0.0661. The molecule has 0 bridgehead atoms. The number of aliphatic carboxylic acids is 1. The minimum Gasteiger partial charge on any atom is -0.481 e. The fourth-order valence-electron chi connectivity index (χ4n) is 8.65. The van der Waals surface area contributed by atoms with Crippen LogP contribution in [0.3, 0.4) is 0 Å². The smallest absolute Gasteiger partial charge is 0.303 e. The average Bonchev–Trinajstić information content (AvgIpc) is 3.00. The van der Waals surface area contributed by atoms with E-state index >= 15 is 0 Å². The van der Waals surface area contributed by atoms with Gasteiger partial charge < -0.3 is 20.4 Å². The van der Waals surface area contributed by atoms with Gasteiger partial charge in [-0.2, -0.15) is 0 Å². The van der Waals surface area contributed by atoms with E-state index in [9.17, 15) is 20.1 Å². The molecule has 0 aromatic carbocycles. The van der Waals surface area contributed by atoms with E-state index in [2.05, 4.69) is 43.4 Å². The number of aliphatic hydroxyl groups excluding tert-OH is 2. The lowest BCUT2D eigenvalue weighted by atomic mass is 9.43. The summed E-state index contributed by atoms with van der Waals surface area (Å²) in [6, 6.07) is 0. The average molecular weight is 534 g/mol. The Kier molecular flexibility index (Phi) is 6.07. The third-order valence-corrected chi connectivity index (χ3v) is 11.3. The van der Waals surface area contributed by atoms with Crippen molar-refractivity contribution in [2.75, 3.05) is 0 Å². The number of aliphatic hydroxyl groups is 3. The maximum Gasteiger partial charge on any atom is 0.303 e. The third-order valence-electron chi connectivity index (χ3n) is 10.4. The Hall–Kier alpha value is 0.0800. The number of alkyl halides is 1. The fraction of sp³-hybridized carbons (Fsp3) is 0.958. The van der Waals surface area contributed by atoms with Crippen molar-refractivity contribution >= 4 is 28.6 Å². The Morgan fingerprint density at radius 3 is 2.50 bits per heavy atom. The predicted octanol–water partition coefficient (Wildman–Crippen LogP) is 4.21. The van der Waals surface area contributed by atoms with Gasteiger partial charge in [0.1, 0.15) is 3.61 Å². The first-order valence-electron chi connectivity index (χ1n) is 11.9. The molecular weight excluding hydrogens is 495 g/mol. The summed E-state index contributed by atoms with van der Waals surface area (Å²) in [5, 5.41) is 42.6. The van der Waals surface area contributed by atoms with E-state index in [1.807, 2.05) is 0 Å². The van der Waals surface area contributed by atoms with Crippen molar-refractivity contribution in [3.8, 4) is 0 Å². The Morgan fingerprint density at radius 2 is 1.83 bits per heavy atom. The summed E-state index contributed by atoms with van der Waals surface area (Å²) in [6.07, 6.45) is 6.04. The minimum atomic E-state index is -0.750. The Labute approximate surface area is 194 Å². The van der Waals surface area contributed by atoms with Crippen LogP contribution in [0.15, 0.2) is 0 Å². The molecule has 0 aromatic heterocycles. The summed E-state index contributed by atoms with van der Waals surface area (Å²) in [5.41, 5.74) is -0.182. The van der Waals surface area contributed by atoms with Gasteiger partial charge in [-0.3, -0.25) is 4.79 Å². The molecule has 0 aliphatic heterocycles. The molecule has 30 heavy (non-hydrogen) atoms. The summed E-state index contributed by atoms with van der Waals surface area (Å²) >= 11 is 2.18. The number of carboxylic acid groups (broad SMARTS) is 1. The molecule has 4 aliphatic carbocycles. The zero-order chi connectivity index (χ0) is 22.1. The highest BCUT2D eigenvalue weighted by molar-refractivity contribution is 14.1. The second-order valence-electron chi connectivity index (χ2n) is 11.6. The fourth-order valence-corrected chi connectivity index (χ4v) is 9.45. The van der Waals surface area contributed by atoms with E-state index in [0.29, 0.717) is 24.2 Å². The maximum absolute atomic E-state index is 11.5. The van der Waals surface area contributed by atoms with Crippen LogP contribution in [-0.4, -0.2) is 42.2 Å². The first kappa shape index (κ1) is 23.2. The van der Waals surface area contributed by atoms with E-state index in [1.54, 1.807) is 0 Å². The SMILES string of the molecule is C[C@H](CCC(=O)O)[C@H]1CC[C@H]2[C@@H]3[C@H](O)C[C@@H]4C[C@@](O)(I)CC[C@]4(C)[C@H]3C[C@H](O)[C@]12C. The molecule has 0 saturated heterocycles. The zero-order valence-electron chi connectivity index (χ0n) is 18.6. The van der Waals surface area contributed by atoms with Crippen molar-refractivity contribution in [2.45, 2.75) is 94.4 Å². The molecule has 0 spiro atoms. The number of halogens is 1. The van der Waals surface area contributed by atoms with Crippen LogP contribution in [0.4, 0.5) is 0 Å². The normalized spacial score (nSPS) is 54.0. The second-order valence-corrected chi connectivity index (χ2v) is 13.6. The van der Waals surface area contributed by atoms with Crippen LogP contribution in [0, 0.1) is 46.3 Å². The molecule has 5 nitrogen and oxygen atoms in total. The number of carbonyl (C=O) groups is 1. The van der Waals surface area contributed by atoms with Gasteiger partial charge in [0, 0.05) is 6.42 Å². The molecule has 4 N–H and O–H groups in total. The monoisotopic (exact) mass is 534 g/mol. The quantitative estimate of drug-likeness (QED) is 0.320. The molecule has 0 radical (unpaired) electrons. The highest BCUT2D eigenvalue weighted by Gasteiger charge is 2.66. The lowest BCUT2D eigenvalue weighted by molar-refractivity contribution is -0.208. The lowest BCUT2D eigenvalue weighted by Gasteiger charge is -2.64. The van der Waals surface area contributed by atoms with Crippen LogP contribution in [0.2, 0.25) is 0 Å². The van der Waals surface area contributed by atoms with E-state index in [0.717, 1.165) is 44.9 Å². The number of carboxylic acids is 1. The van der Waals surface area contributed by atoms with Crippen LogP contribution in [0.1, 0.15) is 78.6 Å². The van der Waals surface area contributed by atoms with Gasteiger partial charge in [0.25, 0.3) is 0 Å². The van der Waals surface area contributed by atoms with Gasteiger partial charge in [0.05, 0.1) is 12.2 Å². The molecule has 172 valence electrons. The van der Waals surface area contributed by atoms with Gasteiger partial charge in [0.2, 0.25) is 0 Å². The van der Waals surface area contributed by atoms with E-state index in [-0.39, 0.29) is 41.1 Å². The van der Waals surface area contributed by atoms with E-state index in [1.165, 1.54) is 0 Å². The van der Waals surface area contributed by atoms with E-state index in [4.69, 9.17) is 5.11 Å². The van der Waals surface area contributed by atoms with E-state index < -0.39 is 15.7 Å². The highest BCUT2D eigenvalue weighted by Crippen LogP contribution is 2.69. The molecule has 0 aromatic rings. The molecule has 4 aliphatic rings. The Morgan fingerprint density at radius 1 is 1.13 bits per heavy atom. The lowest BCUT2D eigenvalue weighted by Crippen LogP contribution is -2.62. The topological polar surface area (TPSA) is 98.0 Å². The van der Waals surface area contributed by atoms with Crippen LogP contribution < -0.4 is 0 Å². The number of hydrogen-bond donors (Lipinski definition) is 4. The van der Waals surface area contributed by atoms with Crippen LogP contribution in [0.5, 0.6) is 0 Å². The second kappa shape index (κ2) is 7.84. The maximum atomic E-state index is 11.5. The van der Waals surface area contributed by atoms with Crippen LogP contribution in [0.25, 0.3) is 0 Å². The first-order valence-corrected chi connectivity index (χ1v) is 13.0. The van der Waals surface area contributed by atoms with Crippen molar-refractivity contribution in [1.82, 2.24) is 0 Å². The van der Waals surface area contributed by atoms with Crippen molar-refractivity contribution in [3.05, 3.63) is 0 Å². The molecule has 0 unspecified atom stereocenters. The van der Waals surface area contributed by atoms with Gasteiger partial charge in [-0.15, -0.1) is 0 Å².